The van der Waals surface area contributed by atoms with Crippen LogP contribution in [0.25, 0.3) is 0 Å². The molecule has 0 spiro atoms. The molecule has 168 valence electrons. The van der Waals surface area contributed by atoms with Gasteiger partial charge in [0, 0.05) is 43.5 Å². The van der Waals surface area contributed by atoms with Gasteiger partial charge in [0.2, 0.25) is 0 Å². The Balaban J connectivity index is 1.72. The zero-order valence-corrected chi connectivity index (χ0v) is 18.5. The van der Waals surface area contributed by atoms with Crippen LogP contribution in [-0.4, -0.2) is 48.0 Å². The lowest BCUT2D eigenvalue weighted by Gasteiger charge is -2.27. The second-order valence-electron chi connectivity index (χ2n) is 7.25. The standard InChI is InChI=1S/C24H30N6O2/c1-4-20(16-19(2)31-3)29-26-18-22-17-23(30-13-8-5-9-14-30)28-24(27-22)32-15-11-21-10-6-7-12-25-21/h4,6-7,10,12,16-18,29H,1-2,5,8-9,11,13-15H2,3H3/b20-16+,26-18+. The van der Waals surface area contributed by atoms with Gasteiger partial charge in [-0.1, -0.05) is 19.2 Å². The van der Waals surface area contributed by atoms with E-state index in [0.717, 1.165) is 37.4 Å². The Bertz CT molecular complexity index is 952. The number of hydrazone groups is 1. The fourth-order valence-electron chi connectivity index (χ4n) is 3.18. The molecule has 1 aliphatic heterocycles. The van der Waals surface area contributed by atoms with Gasteiger partial charge < -0.3 is 14.4 Å². The zero-order chi connectivity index (χ0) is 22.6. The molecule has 0 amide bonds. The van der Waals surface area contributed by atoms with Crippen LogP contribution in [0.15, 0.2) is 72.3 Å². The van der Waals surface area contributed by atoms with Gasteiger partial charge in [-0.2, -0.15) is 15.1 Å². The lowest BCUT2D eigenvalue weighted by atomic mass is 10.1. The maximum Gasteiger partial charge on any atom is 0.318 e. The van der Waals surface area contributed by atoms with Crippen molar-refractivity contribution in [1.29, 1.82) is 0 Å². The molecule has 1 saturated heterocycles. The van der Waals surface area contributed by atoms with Gasteiger partial charge in [-0.25, -0.2) is 0 Å². The molecule has 32 heavy (non-hydrogen) atoms. The molecule has 1 aliphatic rings. The molecule has 0 saturated carbocycles. The molecule has 0 radical (unpaired) electrons. The molecular weight excluding hydrogens is 404 g/mol. The van der Waals surface area contributed by atoms with Crippen molar-refractivity contribution in [2.45, 2.75) is 25.7 Å². The van der Waals surface area contributed by atoms with E-state index in [2.05, 4.69) is 43.5 Å². The second-order valence-corrected chi connectivity index (χ2v) is 7.25. The number of ether oxygens (including phenoxy) is 2. The highest BCUT2D eigenvalue weighted by Gasteiger charge is 2.15. The largest absolute Gasteiger partial charge is 0.497 e. The van der Waals surface area contributed by atoms with Gasteiger partial charge in [0.15, 0.2) is 0 Å². The minimum absolute atomic E-state index is 0.331. The molecule has 8 nitrogen and oxygen atoms in total. The van der Waals surface area contributed by atoms with Crippen molar-refractivity contribution in [3.05, 3.63) is 78.6 Å². The topological polar surface area (TPSA) is 84.8 Å². The van der Waals surface area contributed by atoms with E-state index in [1.807, 2.05) is 24.3 Å². The highest BCUT2D eigenvalue weighted by atomic mass is 16.5. The predicted octanol–water partition coefficient (Wildman–Crippen LogP) is 3.64. The third-order valence-corrected chi connectivity index (χ3v) is 4.90. The highest BCUT2D eigenvalue weighted by Crippen LogP contribution is 2.20. The van der Waals surface area contributed by atoms with E-state index >= 15 is 0 Å². The molecule has 0 aromatic carbocycles. The monoisotopic (exact) mass is 434 g/mol. The van der Waals surface area contributed by atoms with Crippen molar-refractivity contribution in [2.75, 3.05) is 31.7 Å². The summed E-state index contributed by atoms with van der Waals surface area (Å²) < 4.78 is 10.9. The number of piperidine rings is 1. The third-order valence-electron chi connectivity index (χ3n) is 4.90. The summed E-state index contributed by atoms with van der Waals surface area (Å²) in [6.45, 7) is 9.92. The second kappa shape index (κ2) is 12.2. The first-order chi connectivity index (χ1) is 15.7. The number of nitrogens with zero attached hydrogens (tertiary/aromatic N) is 5. The van der Waals surface area contributed by atoms with E-state index < -0.39 is 0 Å². The summed E-state index contributed by atoms with van der Waals surface area (Å²) in [6.07, 6.45) is 11.0. The van der Waals surface area contributed by atoms with Gasteiger partial charge in [-0.15, -0.1) is 0 Å². The molecule has 3 heterocycles. The van der Waals surface area contributed by atoms with Crippen molar-refractivity contribution in [2.24, 2.45) is 5.10 Å². The van der Waals surface area contributed by atoms with Gasteiger partial charge in [-0.05, 0) is 37.5 Å². The zero-order valence-electron chi connectivity index (χ0n) is 18.5. The summed E-state index contributed by atoms with van der Waals surface area (Å²) in [4.78, 5) is 15.7. The number of allylic oxidation sites excluding steroid dienone is 2. The van der Waals surface area contributed by atoms with Gasteiger partial charge >= 0.3 is 6.01 Å². The van der Waals surface area contributed by atoms with Crippen LogP contribution in [0.3, 0.4) is 0 Å². The molecule has 0 bridgehead atoms. The number of methoxy groups -OCH3 is 1. The van der Waals surface area contributed by atoms with Crippen molar-refractivity contribution < 1.29 is 9.47 Å². The lowest BCUT2D eigenvalue weighted by Crippen LogP contribution is -2.30. The summed E-state index contributed by atoms with van der Waals surface area (Å²) in [5, 5.41) is 4.27. The fraction of sp³-hybridized carbons (Fsp3) is 0.333. The first-order valence-electron chi connectivity index (χ1n) is 10.7. The number of pyridine rings is 1. The van der Waals surface area contributed by atoms with Crippen LogP contribution in [-0.2, 0) is 11.2 Å². The normalized spacial score (nSPS) is 14.3. The summed E-state index contributed by atoms with van der Waals surface area (Å²) in [5.41, 5.74) is 5.19. The number of aromatic nitrogens is 3. The van der Waals surface area contributed by atoms with Crippen LogP contribution in [0, 0.1) is 0 Å². The summed E-state index contributed by atoms with van der Waals surface area (Å²) >= 11 is 0. The average molecular weight is 435 g/mol. The number of nitrogens with one attached hydrogen (secondary N) is 1. The minimum atomic E-state index is 0.331. The first kappa shape index (κ1) is 23.0. The van der Waals surface area contributed by atoms with Crippen molar-refractivity contribution in [3.63, 3.8) is 0 Å². The molecule has 0 atom stereocenters. The molecule has 2 aromatic rings. The van der Waals surface area contributed by atoms with Crippen LogP contribution < -0.4 is 15.1 Å². The number of hydrogen-bond acceptors (Lipinski definition) is 8. The third kappa shape index (κ3) is 7.23. The van der Waals surface area contributed by atoms with Crippen LogP contribution in [0.1, 0.15) is 30.7 Å². The smallest absolute Gasteiger partial charge is 0.318 e. The summed E-state index contributed by atoms with van der Waals surface area (Å²) in [5.74, 6) is 1.35. The predicted molar refractivity (Wildman–Crippen MR) is 127 cm³/mol. The molecule has 3 rings (SSSR count). The van der Waals surface area contributed by atoms with E-state index in [4.69, 9.17) is 9.47 Å². The van der Waals surface area contributed by atoms with Crippen LogP contribution in [0.5, 0.6) is 6.01 Å². The van der Waals surface area contributed by atoms with Crippen LogP contribution in [0.4, 0.5) is 5.82 Å². The van der Waals surface area contributed by atoms with Gasteiger partial charge in [0.05, 0.1) is 31.3 Å². The molecule has 0 aliphatic carbocycles. The minimum Gasteiger partial charge on any atom is -0.497 e. The number of hydrogen-bond donors (Lipinski definition) is 1. The SMILES string of the molecule is C=C/C(=C\C(=C)OC)N/N=C/c1cc(N2CCCCC2)nc(OCCc2ccccn2)n1. The molecule has 0 unspecified atom stereocenters. The van der Waals surface area contributed by atoms with Crippen molar-refractivity contribution in [1.82, 2.24) is 20.4 Å². The number of rotatable bonds is 11. The van der Waals surface area contributed by atoms with Gasteiger partial charge in [-0.3, -0.25) is 10.4 Å². The lowest BCUT2D eigenvalue weighted by molar-refractivity contribution is 0.295. The Morgan fingerprint density at radius 1 is 1.25 bits per heavy atom. The Kier molecular flexibility index (Phi) is 8.80. The van der Waals surface area contributed by atoms with E-state index in [1.54, 1.807) is 31.7 Å². The Labute approximate surface area is 189 Å². The Hall–Kier alpha value is -3.68. The molecule has 1 fully saturated rings. The molecular formula is C24H30N6O2. The van der Waals surface area contributed by atoms with Crippen LogP contribution >= 0.6 is 0 Å². The quantitative estimate of drug-likeness (QED) is 0.250. The van der Waals surface area contributed by atoms with E-state index in [0.29, 0.717) is 36.2 Å². The van der Waals surface area contributed by atoms with E-state index in [1.165, 1.54) is 6.42 Å². The molecule has 8 heteroatoms. The van der Waals surface area contributed by atoms with E-state index in [-0.39, 0.29) is 0 Å². The van der Waals surface area contributed by atoms with Gasteiger partial charge in [0.25, 0.3) is 0 Å². The molecule has 2 aromatic heterocycles. The van der Waals surface area contributed by atoms with Crippen LogP contribution in [0.2, 0.25) is 0 Å². The number of anilines is 1. The maximum atomic E-state index is 5.87. The molecule has 1 N–H and O–H groups in total. The Morgan fingerprint density at radius 2 is 2.09 bits per heavy atom. The summed E-state index contributed by atoms with van der Waals surface area (Å²) in [7, 11) is 1.56. The van der Waals surface area contributed by atoms with Crippen molar-refractivity contribution >= 4 is 12.0 Å². The van der Waals surface area contributed by atoms with E-state index in [9.17, 15) is 0 Å². The first-order valence-corrected chi connectivity index (χ1v) is 10.7. The average Bonchev–Trinajstić information content (AvgIpc) is 2.84. The highest BCUT2D eigenvalue weighted by molar-refractivity contribution is 5.78. The summed E-state index contributed by atoms with van der Waals surface area (Å²) in [6, 6.07) is 8.09. The maximum absolute atomic E-state index is 5.87. The van der Waals surface area contributed by atoms with Crippen molar-refractivity contribution in [3.8, 4) is 6.01 Å². The Morgan fingerprint density at radius 3 is 2.81 bits per heavy atom. The fourth-order valence-corrected chi connectivity index (χ4v) is 3.18. The van der Waals surface area contributed by atoms with Gasteiger partial charge in [0.1, 0.15) is 11.6 Å².